The van der Waals surface area contributed by atoms with Crippen molar-refractivity contribution in [1.29, 1.82) is 0 Å². The molecular weight excluding hydrogens is 244 g/mol. The van der Waals surface area contributed by atoms with Crippen LogP contribution in [-0.4, -0.2) is 48.6 Å². The number of rotatable bonds is 4. The van der Waals surface area contributed by atoms with E-state index in [4.69, 9.17) is 4.74 Å². The van der Waals surface area contributed by atoms with Gasteiger partial charge in [0.15, 0.2) is 0 Å². The molecule has 1 rings (SSSR count). The molecule has 0 unspecified atom stereocenters. The molecule has 0 saturated carbocycles. The van der Waals surface area contributed by atoms with Gasteiger partial charge < -0.3 is 10.1 Å². The molecule has 1 aliphatic heterocycles. The molecule has 2 amide bonds. The van der Waals surface area contributed by atoms with Gasteiger partial charge in [-0.1, -0.05) is 11.8 Å². The molecule has 94 valence electrons. The van der Waals surface area contributed by atoms with Crippen molar-refractivity contribution >= 4 is 29.5 Å². The number of carbonyl (C=O) groups excluding carboxylic acids is 3. The van der Waals surface area contributed by atoms with Crippen LogP contribution in [0.1, 0.15) is 6.92 Å². The molecule has 0 aromatic carbocycles. The number of ether oxygens (including phenoxy) is 1. The van der Waals surface area contributed by atoms with Crippen LogP contribution >= 0.6 is 11.8 Å². The molecule has 17 heavy (non-hydrogen) atoms. The van der Waals surface area contributed by atoms with Gasteiger partial charge in [-0.05, 0) is 6.92 Å². The summed E-state index contributed by atoms with van der Waals surface area (Å²) < 4.78 is 4.75. The second-order valence-electron chi connectivity index (χ2n) is 3.18. The first kappa shape index (κ1) is 13.6. The van der Waals surface area contributed by atoms with Crippen molar-refractivity contribution in [3.05, 3.63) is 11.1 Å². The molecule has 0 aromatic rings. The Morgan fingerprint density at radius 3 is 2.88 bits per heavy atom. The number of likely N-dealkylation sites (N-methyl/N-ethyl adjacent to an activating group) is 1. The topological polar surface area (TPSA) is 75.7 Å². The summed E-state index contributed by atoms with van der Waals surface area (Å²) in [5, 5.41) is 2.88. The predicted octanol–water partition coefficient (Wildman–Crippen LogP) is -0.288. The monoisotopic (exact) mass is 258 g/mol. The van der Waals surface area contributed by atoms with Crippen molar-refractivity contribution in [2.24, 2.45) is 0 Å². The first-order valence-electron chi connectivity index (χ1n) is 5.10. The Bertz CT molecular complexity index is 367. The minimum atomic E-state index is -0.508. The van der Waals surface area contributed by atoms with Crippen molar-refractivity contribution in [3.63, 3.8) is 0 Å². The van der Waals surface area contributed by atoms with Gasteiger partial charge in [-0.3, -0.25) is 14.5 Å². The third-order valence-corrected chi connectivity index (χ3v) is 3.04. The Morgan fingerprint density at radius 1 is 1.59 bits per heavy atom. The Kier molecular flexibility index (Phi) is 5.02. The van der Waals surface area contributed by atoms with E-state index in [1.54, 1.807) is 6.92 Å². The van der Waals surface area contributed by atoms with Gasteiger partial charge in [0.25, 0.3) is 0 Å². The van der Waals surface area contributed by atoms with Crippen molar-refractivity contribution in [2.75, 3.05) is 26.0 Å². The van der Waals surface area contributed by atoms with Crippen molar-refractivity contribution < 1.29 is 19.1 Å². The van der Waals surface area contributed by atoms with E-state index in [2.05, 4.69) is 5.32 Å². The summed E-state index contributed by atoms with van der Waals surface area (Å²) in [4.78, 5) is 35.3. The highest BCUT2D eigenvalue weighted by Crippen LogP contribution is 2.28. The van der Waals surface area contributed by atoms with Gasteiger partial charge in [0.05, 0.1) is 23.5 Å². The van der Waals surface area contributed by atoms with Crippen molar-refractivity contribution in [3.8, 4) is 0 Å². The van der Waals surface area contributed by atoms with Crippen LogP contribution in [0.5, 0.6) is 0 Å². The maximum atomic E-state index is 11.5. The molecule has 0 aromatic heterocycles. The number of hydrogen-bond acceptors (Lipinski definition) is 5. The zero-order valence-electron chi connectivity index (χ0n) is 9.69. The van der Waals surface area contributed by atoms with Gasteiger partial charge in [-0.15, -0.1) is 0 Å². The number of nitrogens with zero attached hydrogens (tertiary/aromatic N) is 1. The molecule has 6 nitrogen and oxygen atoms in total. The maximum absolute atomic E-state index is 11.5. The minimum absolute atomic E-state index is 0.0758. The van der Waals surface area contributed by atoms with E-state index in [-0.39, 0.29) is 30.7 Å². The highest BCUT2D eigenvalue weighted by Gasteiger charge is 2.28. The second-order valence-corrected chi connectivity index (χ2v) is 4.17. The normalized spacial score (nSPS) is 17.4. The first-order chi connectivity index (χ1) is 8.08. The summed E-state index contributed by atoms with van der Waals surface area (Å²) in [6, 6.07) is 0. The van der Waals surface area contributed by atoms with E-state index in [0.29, 0.717) is 5.03 Å². The lowest BCUT2D eigenvalue weighted by molar-refractivity contribution is -0.137. The highest BCUT2D eigenvalue weighted by atomic mass is 32.2. The van der Waals surface area contributed by atoms with Gasteiger partial charge in [-0.2, -0.15) is 0 Å². The molecule has 1 aliphatic rings. The Hall–Kier alpha value is -1.50. The molecule has 1 fully saturated rings. The number of amides is 2. The smallest absolute Gasteiger partial charge is 0.333 e. The highest BCUT2D eigenvalue weighted by molar-refractivity contribution is 8.04. The summed E-state index contributed by atoms with van der Waals surface area (Å²) >= 11 is 1.22. The van der Waals surface area contributed by atoms with E-state index in [1.807, 2.05) is 0 Å². The van der Waals surface area contributed by atoms with E-state index in [1.165, 1.54) is 29.8 Å². The van der Waals surface area contributed by atoms with Crippen LogP contribution in [0.15, 0.2) is 11.1 Å². The Labute approximate surface area is 103 Å². The zero-order chi connectivity index (χ0) is 12.8. The van der Waals surface area contributed by atoms with Crippen LogP contribution in [0.3, 0.4) is 0 Å². The minimum Gasteiger partial charge on any atom is -0.463 e. The average Bonchev–Trinajstić information content (AvgIpc) is 2.61. The van der Waals surface area contributed by atoms with E-state index in [9.17, 15) is 14.4 Å². The largest absolute Gasteiger partial charge is 0.463 e. The van der Waals surface area contributed by atoms with Gasteiger partial charge >= 0.3 is 5.97 Å². The third kappa shape index (κ3) is 3.77. The molecule has 7 heteroatoms. The fraction of sp³-hybridized carbons (Fsp3) is 0.500. The van der Waals surface area contributed by atoms with E-state index in [0.717, 1.165) is 0 Å². The number of hydrogen-bond donors (Lipinski definition) is 1. The number of carbonyl (C=O) groups is 3. The predicted molar refractivity (Wildman–Crippen MR) is 63.0 cm³/mol. The van der Waals surface area contributed by atoms with Gasteiger partial charge in [0, 0.05) is 7.05 Å². The molecule has 1 saturated heterocycles. The van der Waals surface area contributed by atoms with Crippen LogP contribution in [0, 0.1) is 0 Å². The SMILES string of the molecule is CCOC(=O)/C=C1\SCC(=O)N1CC(=O)NC. The lowest BCUT2D eigenvalue weighted by atomic mass is 10.4. The summed E-state index contributed by atoms with van der Waals surface area (Å²) in [6.07, 6.45) is 1.24. The number of thioether (sulfide) groups is 1. The quantitative estimate of drug-likeness (QED) is 0.554. The lowest BCUT2D eigenvalue weighted by Gasteiger charge is -2.15. The average molecular weight is 258 g/mol. The van der Waals surface area contributed by atoms with Crippen LogP contribution in [0.25, 0.3) is 0 Å². The van der Waals surface area contributed by atoms with Gasteiger partial charge in [0.1, 0.15) is 6.54 Å². The van der Waals surface area contributed by atoms with Gasteiger partial charge in [-0.25, -0.2) is 4.79 Å². The molecule has 0 aliphatic carbocycles. The third-order valence-electron chi connectivity index (χ3n) is 2.02. The molecule has 0 atom stereocenters. The van der Waals surface area contributed by atoms with Crippen molar-refractivity contribution in [2.45, 2.75) is 6.92 Å². The zero-order valence-corrected chi connectivity index (χ0v) is 10.5. The molecule has 1 heterocycles. The van der Waals surface area contributed by atoms with Crippen molar-refractivity contribution in [1.82, 2.24) is 10.2 Å². The fourth-order valence-electron chi connectivity index (χ4n) is 1.21. The first-order valence-corrected chi connectivity index (χ1v) is 6.09. The summed E-state index contributed by atoms with van der Waals surface area (Å²) in [5.41, 5.74) is 0. The number of nitrogens with one attached hydrogen (secondary N) is 1. The van der Waals surface area contributed by atoms with E-state index < -0.39 is 5.97 Å². The molecule has 1 N–H and O–H groups in total. The molecule has 0 spiro atoms. The molecule has 0 radical (unpaired) electrons. The molecule has 0 bridgehead atoms. The Morgan fingerprint density at radius 2 is 2.29 bits per heavy atom. The van der Waals surface area contributed by atoms with Crippen LogP contribution in [-0.2, 0) is 19.1 Å². The summed E-state index contributed by atoms with van der Waals surface area (Å²) in [6.45, 7) is 1.90. The van der Waals surface area contributed by atoms with Crippen LogP contribution in [0.2, 0.25) is 0 Å². The lowest BCUT2D eigenvalue weighted by Crippen LogP contribution is -2.36. The maximum Gasteiger partial charge on any atom is 0.333 e. The fourth-order valence-corrected chi connectivity index (χ4v) is 2.14. The Balaban J connectivity index is 2.73. The van der Waals surface area contributed by atoms with Crippen LogP contribution in [0.4, 0.5) is 0 Å². The van der Waals surface area contributed by atoms with Gasteiger partial charge in [0.2, 0.25) is 11.8 Å². The molecular formula is C10H14N2O4S. The summed E-state index contributed by atoms with van der Waals surface area (Å²) in [7, 11) is 1.49. The number of esters is 1. The van der Waals surface area contributed by atoms with E-state index >= 15 is 0 Å². The second kappa shape index (κ2) is 6.29. The van der Waals surface area contributed by atoms with Crippen LogP contribution < -0.4 is 5.32 Å². The standard InChI is InChI=1S/C10H14N2O4S/c1-3-16-10(15)4-9-12(5-7(13)11-2)8(14)6-17-9/h4H,3,5-6H2,1-2H3,(H,11,13)/b9-4-. The summed E-state index contributed by atoms with van der Waals surface area (Å²) in [5.74, 6) is -0.737.